The van der Waals surface area contributed by atoms with Gasteiger partial charge in [0.1, 0.15) is 11.4 Å². The molecule has 168 valence electrons. The number of carbonyl (C=O) groups excluding carboxylic acids is 1. The Morgan fingerprint density at radius 2 is 1.94 bits per heavy atom. The summed E-state index contributed by atoms with van der Waals surface area (Å²) in [5.74, 6) is 0.219. The number of benzene rings is 2. The van der Waals surface area contributed by atoms with Crippen LogP contribution in [0.1, 0.15) is 51.1 Å². The first-order valence-electron chi connectivity index (χ1n) is 11.0. The molecule has 0 radical (unpaired) electrons. The second-order valence-electron chi connectivity index (χ2n) is 10.1. The zero-order valence-electron chi connectivity index (χ0n) is 18.1. The van der Waals surface area contributed by atoms with Crippen LogP contribution in [-0.2, 0) is 4.79 Å². The number of rotatable bonds is 3. The number of aromatic hydroxyl groups is 1. The standard InChI is InChI=1S/C25H26Cl2N2O3/c1-25(2)11-18-22(21(31)12-25)24(16-9-8-15(26)10-17(16)27)29(32,13-14-6-7-14)19-4-3-5-20(30)23(19)28-18/h3-5,8-10,14,24,28,30H,6-7,11-13H2,1-2H3. The number of allylic oxidation sites excluding steroid dienone is 1. The third-order valence-electron chi connectivity index (χ3n) is 6.80. The van der Waals surface area contributed by atoms with E-state index in [9.17, 15) is 9.90 Å². The Morgan fingerprint density at radius 1 is 1.19 bits per heavy atom. The molecule has 0 aromatic heterocycles. The van der Waals surface area contributed by atoms with E-state index in [0.717, 1.165) is 12.8 Å². The molecule has 1 heterocycles. The zero-order valence-corrected chi connectivity index (χ0v) is 19.6. The number of quaternary nitrogens is 1. The van der Waals surface area contributed by atoms with Crippen molar-refractivity contribution in [3.05, 3.63) is 68.5 Å². The first kappa shape index (κ1) is 21.8. The zero-order chi connectivity index (χ0) is 22.8. The molecular formula is C25H26Cl2N2O3. The fraction of sp³-hybridized carbons (Fsp3) is 0.400. The molecule has 1 fully saturated rings. The van der Waals surface area contributed by atoms with Crippen molar-refractivity contribution in [2.45, 2.75) is 45.6 Å². The first-order valence-corrected chi connectivity index (χ1v) is 11.7. The predicted molar refractivity (Wildman–Crippen MR) is 129 cm³/mol. The van der Waals surface area contributed by atoms with Gasteiger partial charge in [-0.3, -0.25) is 4.79 Å². The largest absolute Gasteiger partial charge is 0.627 e. The van der Waals surface area contributed by atoms with Gasteiger partial charge in [0.2, 0.25) is 0 Å². The van der Waals surface area contributed by atoms with Crippen molar-refractivity contribution >= 4 is 40.4 Å². The van der Waals surface area contributed by atoms with Gasteiger partial charge in [0, 0.05) is 34.7 Å². The number of phenols is 1. The summed E-state index contributed by atoms with van der Waals surface area (Å²) in [4.78, 5) is 13.6. The van der Waals surface area contributed by atoms with E-state index in [4.69, 9.17) is 23.2 Å². The van der Waals surface area contributed by atoms with Crippen LogP contribution in [0.2, 0.25) is 10.0 Å². The van der Waals surface area contributed by atoms with Crippen LogP contribution in [-0.4, -0.2) is 17.4 Å². The lowest BCUT2D eigenvalue weighted by molar-refractivity contribution is -0.118. The van der Waals surface area contributed by atoms with Gasteiger partial charge >= 0.3 is 0 Å². The minimum absolute atomic E-state index is 0.00202. The number of ketones is 1. The van der Waals surface area contributed by atoms with Crippen LogP contribution in [0.4, 0.5) is 11.4 Å². The van der Waals surface area contributed by atoms with Gasteiger partial charge in [-0.2, -0.15) is 0 Å². The van der Waals surface area contributed by atoms with E-state index in [-0.39, 0.29) is 22.9 Å². The van der Waals surface area contributed by atoms with Gasteiger partial charge in [-0.25, -0.2) is 0 Å². The van der Waals surface area contributed by atoms with Crippen molar-refractivity contribution < 1.29 is 9.90 Å². The molecule has 2 atom stereocenters. The van der Waals surface area contributed by atoms with E-state index in [1.807, 2.05) is 13.8 Å². The number of hydrogen-bond acceptors (Lipinski definition) is 4. The van der Waals surface area contributed by atoms with Gasteiger partial charge < -0.3 is 20.3 Å². The Morgan fingerprint density at radius 3 is 2.62 bits per heavy atom. The number of nitrogens with one attached hydrogen (secondary N) is 1. The van der Waals surface area contributed by atoms with Crippen molar-refractivity contribution in [3.63, 3.8) is 0 Å². The second-order valence-corrected chi connectivity index (χ2v) is 11.0. The van der Waals surface area contributed by atoms with Crippen LogP contribution in [0, 0.1) is 16.5 Å². The third kappa shape index (κ3) is 3.61. The van der Waals surface area contributed by atoms with Gasteiger partial charge in [0.15, 0.2) is 17.5 Å². The smallest absolute Gasteiger partial charge is 0.167 e. The lowest BCUT2D eigenvalue weighted by Crippen LogP contribution is -2.50. The highest BCUT2D eigenvalue weighted by Crippen LogP contribution is 2.55. The Labute approximate surface area is 197 Å². The molecule has 1 saturated carbocycles. The summed E-state index contributed by atoms with van der Waals surface area (Å²) >= 11 is 12.8. The number of hydroxylamine groups is 2. The lowest BCUT2D eigenvalue weighted by Gasteiger charge is -2.49. The summed E-state index contributed by atoms with van der Waals surface area (Å²) in [7, 11) is 0. The molecule has 2 unspecified atom stereocenters. The highest BCUT2D eigenvalue weighted by atomic mass is 35.5. The summed E-state index contributed by atoms with van der Waals surface area (Å²) in [6.45, 7) is 4.40. The third-order valence-corrected chi connectivity index (χ3v) is 7.36. The first-order chi connectivity index (χ1) is 15.1. The van der Waals surface area contributed by atoms with Crippen molar-refractivity contribution in [2.24, 2.45) is 11.3 Å². The molecule has 0 bridgehead atoms. The van der Waals surface area contributed by atoms with Crippen molar-refractivity contribution in [1.82, 2.24) is 4.65 Å². The maximum absolute atomic E-state index is 15.0. The van der Waals surface area contributed by atoms with Crippen LogP contribution in [0.5, 0.6) is 5.75 Å². The van der Waals surface area contributed by atoms with Crippen LogP contribution < -0.4 is 9.96 Å². The van der Waals surface area contributed by atoms with Gasteiger partial charge in [-0.1, -0.05) is 43.1 Å². The molecular weight excluding hydrogens is 447 g/mol. The minimum Gasteiger partial charge on any atom is -0.627 e. The highest BCUT2D eigenvalue weighted by Gasteiger charge is 2.50. The molecule has 1 aliphatic heterocycles. The summed E-state index contributed by atoms with van der Waals surface area (Å²) in [6, 6.07) is 9.27. The highest BCUT2D eigenvalue weighted by molar-refractivity contribution is 6.35. The monoisotopic (exact) mass is 472 g/mol. The number of hydrogen-bond donors (Lipinski definition) is 2. The fourth-order valence-electron chi connectivity index (χ4n) is 5.22. The number of carbonyl (C=O) groups is 1. The summed E-state index contributed by atoms with van der Waals surface area (Å²) in [5.41, 5.74) is 2.30. The number of anilines is 1. The molecule has 5 nitrogen and oxygen atoms in total. The van der Waals surface area contributed by atoms with Crippen molar-refractivity contribution in [3.8, 4) is 5.75 Å². The van der Waals surface area contributed by atoms with Crippen LogP contribution in [0.25, 0.3) is 0 Å². The number of nitrogens with zero attached hydrogens (tertiary/aromatic N) is 1. The SMILES string of the molecule is CC1(C)CC(=O)C2=C(C1)Nc1c(O)cccc1[N+]([O-])(CC1CC1)C2c1ccc(Cl)cc1Cl. The van der Waals surface area contributed by atoms with E-state index in [1.54, 1.807) is 36.4 Å². The second kappa shape index (κ2) is 7.49. The molecule has 7 heteroatoms. The molecule has 32 heavy (non-hydrogen) atoms. The topological polar surface area (TPSA) is 72.4 Å². The van der Waals surface area contributed by atoms with Crippen molar-refractivity contribution in [2.75, 3.05) is 11.9 Å². The fourth-order valence-corrected chi connectivity index (χ4v) is 5.74. The summed E-state index contributed by atoms with van der Waals surface area (Å²) < 4.78 is -0.770. The average molecular weight is 473 g/mol. The number of phenolic OH excluding ortho intramolecular Hbond substituents is 1. The molecule has 5 rings (SSSR count). The summed E-state index contributed by atoms with van der Waals surface area (Å²) in [5, 5.41) is 29.9. The molecule has 3 aliphatic rings. The average Bonchev–Trinajstić information content (AvgIpc) is 3.50. The maximum atomic E-state index is 15.0. The molecule has 0 spiro atoms. The molecule has 0 saturated heterocycles. The van der Waals surface area contributed by atoms with E-state index >= 15 is 5.21 Å². The Hall–Kier alpha value is -2.05. The Balaban J connectivity index is 1.83. The van der Waals surface area contributed by atoms with Crippen molar-refractivity contribution in [1.29, 1.82) is 0 Å². The van der Waals surface area contributed by atoms with Gasteiger partial charge in [0.25, 0.3) is 0 Å². The normalized spacial score (nSPS) is 26.8. The quantitative estimate of drug-likeness (QED) is 0.295. The molecule has 2 aromatic rings. The van der Waals surface area contributed by atoms with Crippen LogP contribution in [0.15, 0.2) is 47.7 Å². The van der Waals surface area contributed by atoms with Gasteiger partial charge in [0.05, 0.1) is 17.1 Å². The molecule has 2 aromatic carbocycles. The Kier molecular flexibility index (Phi) is 5.10. The minimum atomic E-state index is -0.838. The predicted octanol–water partition coefficient (Wildman–Crippen LogP) is 6.72. The van der Waals surface area contributed by atoms with E-state index in [2.05, 4.69) is 5.32 Å². The maximum Gasteiger partial charge on any atom is 0.167 e. The molecule has 2 aliphatic carbocycles. The van der Waals surface area contributed by atoms with E-state index < -0.39 is 10.7 Å². The van der Waals surface area contributed by atoms with Gasteiger partial charge in [-0.15, -0.1) is 0 Å². The Bertz CT molecular complexity index is 1160. The molecule has 2 N–H and O–H groups in total. The summed E-state index contributed by atoms with van der Waals surface area (Å²) in [6.07, 6.45) is 2.91. The van der Waals surface area contributed by atoms with E-state index in [1.165, 1.54) is 0 Å². The molecule has 0 amide bonds. The number of para-hydroxylation sites is 1. The van der Waals surface area contributed by atoms with E-state index in [0.29, 0.717) is 57.6 Å². The van der Waals surface area contributed by atoms with Crippen LogP contribution >= 0.6 is 23.2 Å². The number of fused-ring (bicyclic) bond motifs is 1. The number of Topliss-reactive ketones (excluding diaryl/α,β-unsaturated/α-hetero) is 1. The van der Waals surface area contributed by atoms with Crippen LogP contribution in [0.3, 0.4) is 0 Å². The number of halogens is 2. The van der Waals surface area contributed by atoms with Gasteiger partial charge in [-0.05, 0) is 48.9 Å². The lowest BCUT2D eigenvalue weighted by atomic mass is 9.73.